The fourth-order valence-electron chi connectivity index (χ4n) is 7.70. The number of carbonyl (C=O) groups is 1. The van der Waals surface area contributed by atoms with Crippen LogP contribution >= 0.6 is 22.7 Å². The van der Waals surface area contributed by atoms with Gasteiger partial charge in [0.2, 0.25) is 11.2 Å². The molecule has 1 aliphatic heterocycles. The Labute approximate surface area is 300 Å². The number of fused-ring (bicyclic) bond motifs is 4. The number of esters is 1. The van der Waals surface area contributed by atoms with Gasteiger partial charge in [0, 0.05) is 50.2 Å². The van der Waals surface area contributed by atoms with E-state index in [-0.39, 0.29) is 30.0 Å². The number of nitrogens with one attached hydrogen (secondary N) is 2. The van der Waals surface area contributed by atoms with Gasteiger partial charge in [-0.3, -0.25) is 9.69 Å². The van der Waals surface area contributed by atoms with Gasteiger partial charge in [-0.2, -0.15) is 0 Å². The second kappa shape index (κ2) is 13.9. The predicted octanol–water partition coefficient (Wildman–Crippen LogP) is 4.26. The lowest BCUT2D eigenvalue weighted by atomic mass is 9.99. The van der Waals surface area contributed by atoms with E-state index in [9.17, 15) is 24.9 Å². The number of ether oxygens (including phenoxy) is 1. The van der Waals surface area contributed by atoms with Crippen molar-refractivity contribution in [3.05, 3.63) is 109 Å². The number of piperidine rings is 1. The van der Waals surface area contributed by atoms with Gasteiger partial charge in [0.1, 0.15) is 17.4 Å². The summed E-state index contributed by atoms with van der Waals surface area (Å²) in [5, 5.41) is 49.1. The molecule has 5 heterocycles. The lowest BCUT2D eigenvalue weighted by Gasteiger charge is -2.34. The quantitative estimate of drug-likeness (QED) is 0.109. The zero-order chi connectivity index (χ0) is 35.1. The minimum atomic E-state index is -1.80. The Balaban J connectivity index is 0.847. The zero-order valence-electron chi connectivity index (χ0n) is 27.6. The highest BCUT2D eigenvalue weighted by atomic mass is 32.1. The number of nitrogens with zero attached hydrogens (tertiary/aromatic N) is 4. The standard InChI is InChI=1S/C37H38N6O6S2/c44-29-10-7-24(25-8-11-34(46)39-35(25)29)30(45)20-38-19-22-6-9-27-26(16-22)40-41-43(27)13-3-12-42-21-23-17-28(42)31(18-23)49-36(47)37(48,32-4-1-14-50-32)33-5-2-15-51-33/h1-2,4-11,14-16,23,28,30-31,38,44-45,48H,3,12-13,17-21H2,(H,39,46)/t23?,28?,30-,31?/m0/s1. The fourth-order valence-corrected chi connectivity index (χ4v) is 9.42. The minimum Gasteiger partial charge on any atom is -0.506 e. The fraction of sp³-hybridized carbons (Fsp3) is 0.351. The van der Waals surface area contributed by atoms with E-state index in [0.717, 1.165) is 48.9 Å². The molecule has 2 aromatic carbocycles. The van der Waals surface area contributed by atoms with Gasteiger partial charge in [-0.15, -0.1) is 27.8 Å². The molecule has 2 aliphatic rings. The summed E-state index contributed by atoms with van der Waals surface area (Å²) in [5.41, 5.74) is 1.53. The maximum Gasteiger partial charge on any atom is 0.349 e. The maximum absolute atomic E-state index is 13.6. The third-order valence-corrected chi connectivity index (χ3v) is 12.1. The van der Waals surface area contributed by atoms with E-state index in [1.54, 1.807) is 24.3 Å². The van der Waals surface area contributed by atoms with Crippen molar-refractivity contribution < 1.29 is 24.9 Å². The molecule has 6 aromatic rings. The summed E-state index contributed by atoms with van der Waals surface area (Å²) in [6, 6.07) is 19.5. The van der Waals surface area contributed by atoms with E-state index in [0.29, 0.717) is 45.2 Å². The van der Waals surface area contributed by atoms with Gasteiger partial charge in [0.25, 0.3) is 0 Å². The number of phenols is 1. The molecule has 4 atom stereocenters. The van der Waals surface area contributed by atoms with E-state index in [2.05, 4.69) is 25.5 Å². The second-order valence-corrected chi connectivity index (χ2v) is 15.3. The Morgan fingerprint density at radius 2 is 1.86 bits per heavy atom. The summed E-state index contributed by atoms with van der Waals surface area (Å²) in [5.74, 6) is -0.178. The first-order chi connectivity index (χ1) is 24.8. The number of aliphatic hydroxyl groups is 2. The summed E-state index contributed by atoms with van der Waals surface area (Å²) < 4.78 is 8.03. The van der Waals surface area contributed by atoms with E-state index in [4.69, 9.17) is 4.74 Å². The highest BCUT2D eigenvalue weighted by Crippen LogP contribution is 2.42. The number of aromatic hydroxyl groups is 1. The van der Waals surface area contributed by atoms with E-state index in [1.165, 1.54) is 34.8 Å². The zero-order valence-corrected chi connectivity index (χ0v) is 29.3. The number of thiophene rings is 2. The molecule has 3 unspecified atom stereocenters. The SMILES string of the molecule is O=C(OC1CC2CC1N(CCCn1nnc3cc(CNC[C@H](O)c4ccc(O)c5[nH]c(=O)ccc45)ccc31)C2)C(O)(c1cccs1)c1cccs1. The molecular formula is C37H38N6O6S2. The topological polar surface area (TPSA) is 166 Å². The highest BCUT2D eigenvalue weighted by Gasteiger charge is 2.50. The Morgan fingerprint density at radius 1 is 1.06 bits per heavy atom. The average molecular weight is 727 g/mol. The molecular weight excluding hydrogens is 689 g/mol. The maximum atomic E-state index is 13.6. The summed E-state index contributed by atoms with van der Waals surface area (Å²) >= 11 is 2.70. The van der Waals surface area contributed by atoms with Crippen LogP contribution in [-0.2, 0) is 28.2 Å². The summed E-state index contributed by atoms with van der Waals surface area (Å²) in [6.45, 7) is 3.29. The molecule has 264 valence electrons. The number of aliphatic hydroxyl groups excluding tert-OH is 1. The van der Waals surface area contributed by atoms with Crippen LogP contribution in [0, 0.1) is 5.92 Å². The van der Waals surface area contributed by atoms with Crippen molar-refractivity contribution in [3.63, 3.8) is 0 Å². The number of hydrogen-bond acceptors (Lipinski definition) is 12. The lowest BCUT2D eigenvalue weighted by Crippen LogP contribution is -2.47. The Kier molecular flexibility index (Phi) is 9.21. The minimum absolute atomic E-state index is 0.0439. The molecule has 14 heteroatoms. The lowest BCUT2D eigenvalue weighted by molar-refractivity contribution is -0.170. The van der Waals surface area contributed by atoms with Crippen LogP contribution < -0.4 is 10.9 Å². The largest absolute Gasteiger partial charge is 0.506 e. The molecule has 51 heavy (non-hydrogen) atoms. The van der Waals surface area contributed by atoms with Crippen LogP contribution in [0.4, 0.5) is 0 Å². The highest BCUT2D eigenvalue weighted by molar-refractivity contribution is 7.12. The first-order valence-electron chi connectivity index (χ1n) is 17.1. The predicted molar refractivity (Wildman–Crippen MR) is 195 cm³/mol. The van der Waals surface area contributed by atoms with E-state index >= 15 is 0 Å². The van der Waals surface area contributed by atoms with Crippen molar-refractivity contribution in [1.29, 1.82) is 0 Å². The Bertz CT molecular complexity index is 2180. The number of H-pyrrole nitrogens is 1. The van der Waals surface area contributed by atoms with Gasteiger partial charge in [-0.1, -0.05) is 29.5 Å². The van der Waals surface area contributed by atoms with E-state index in [1.807, 2.05) is 45.8 Å². The molecule has 0 radical (unpaired) electrons. The third kappa shape index (κ3) is 6.47. The molecule has 0 spiro atoms. The average Bonchev–Trinajstić information content (AvgIpc) is 3.98. The smallest absolute Gasteiger partial charge is 0.349 e. The number of aromatic nitrogens is 4. The van der Waals surface area contributed by atoms with Crippen LogP contribution in [0.2, 0.25) is 0 Å². The van der Waals surface area contributed by atoms with Crippen LogP contribution in [0.3, 0.4) is 0 Å². The summed E-state index contributed by atoms with van der Waals surface area (Å²) in [4.78, 5) is 31.5. The summed E-state index contributed by atoms with van der Waals surface area (Å²) in [6.07, 6.45) is 1.56. The van der Waals surface area contributed by atoms with Crippen molar-refractivity contribution in [2.24, 2.45) is 5.92 Å². The molecule has 2 fully saturated rings. The van der Waals surface area contributed by atoms with Crippen molar-refractivity contribution in [2.75, 3.05) is 19.6 Å². The summed E-state index contributed by atoms with van der Waals surface area (Å²) in [7, 11) is 0. The number of hydrogen-bond donors (Lipinski definition) is 5. The Morgan fingerprint density at radius 3 is 2.61 bits per heavy atom. The number of rotatable bonds is 13. The van der Waals surface area contributed by atoms with Gasteiger partial charge in [0.05, 0.1) is 26.9 Å². The third-order valence-electron chi connectivity index (χ3n) is 10.2. The van der Waals surface area contributed by atoms with Crippen molar-refractivity contribution in [2.45, 2.75) is 56.2 Å². The number of aromatic amines is 1. The van der Waals surface area contributed by atoms with Crippen molar-refractivity contribution >= 4 is 50.6 Å². The monoisotopic (exact) mass is 726 g/mol. The number of likely N-dealkylation sites (tertiary alicyclic amines) is 1. The van der Waals surface area contributed by atoms with Crippen molar-refractivity contribution in [3.8, 4) is 5.75 Å². The molecule has 1 aliphatic carbocycles. The first-order valence-corrected chi connectivity index (χ1v) is 18.8. The van der Waals surface area contributed by atoms with Gasteiger partial charge < -0.3 is 30.4 Å². The van der Waals surface area contributed by atoms with Gasteiger partial charge in [-0.05, 0) is 83.5 Å². The molecule has 1 saturated carbocycles. The second-order valence-electron chi connectivity index (χ2n) is 13.4. The van der Waals surface area contributed by atoms with Crippen molar-refractivity contribution in [1.82, 2.24) is 30.2 Å². The number of carbonyl (C=O) groups excluding carboxylic acids is 1. The Hall–Kier alpha value is -4.44. The van der Waals surface area contributed by atoms with Gasteiger partial charge in [-0.25, -0.2) is 9.48 Å². The van der Waals surface area contributed by atoms with Gasteiger partial charge >= 0.3 is 5.97 Å². The number of benzene rings is 2. The molecule has 2 bridgehead atoms. The van der Waals surface area contributed by atoms with Crippen LogP contribution in [0.15, 0.2) is 82.3 Å². The number of phenolic OH excluding ortho intramolecular Hbond substituents is 1. The molecule has 12 nitrogen and oxygen atoms in total. The van der Waals surface area contributed by atoms with Crippen LogP contribution in [0.25, 0.3) is 21.9 Å². The van der Waals surface area contributed by atoms with E-state index < -0.39 is 17.7 Å². The molecule has 5 N–H and O–H groups in total. The molecule has 0 amide bonds. The van der Waals surface area contributed by atoms with Crippen LogP contribution in [0.5, 0.6) is 5.75 Å². The number of pyridine rings is 1. The molecule has 1 saturated heterocycles. The molecule has 4 aromatic heterocycles. The molecule has 8 rings (SSSR count). The normalized spacial score (nSPS) is 19.7. The first kappa shape index (κ1) is 33.7. The number of aryl methyl sites for hydroxylation is 1. The van der Waals surface area contributed by atoms with Gasteiger partial charge in [0.15, 0.2) is 0 Å². The van der Waals surface area contributed by atoms with Crippen LogP contribution in [-0.4, -0.2) is 77.9 Å². The van der Waals surface area contributed by atoms with Crippen LogP contribution in [0.1, 0.15) is 46.2 Å².